The Morgan fingerprint density at radius 3 is 2.52 bits per heavy atom. The van der Waals surface area contributed by atoms with E-state index >= 15 is 0 Å². The first-order valence-corrected chi connectivity index (χ1v) is 14.8. The molecule has 1 saturated carbocycles. The summed E-state index contributed by atoms with van der Waals surface area (Å²) >= 11 is 0. The zero-order valence-electron chi connectivity index (χ0n) is 23.6. The van der Waals surface area contributed by atoms with Crippen molar-refractivity contribution in [2.24, 2.45) is 16.9 Å². The molecule has 0 radical (unpaired) electrons. The molecule has 2 fully saturated rings. The van der Waals surface area contributed by atoms with Crippen LogP contribution in [-0.4, -0.2) is 78.5 Å². The first-order chi connectivity index (χ1) is 19.3. The highest BCUT2D eigenvalue weighted by molar-refractivity contribution is 5.82. The number of pyridine rings is 1. The topological polar surface area (TPSA) is 101 Å². The van der Waals surface area contributed by atoms with Gasteiger partial charge in [-0.3, -0.25) is 14.7 Å². The highest BCUT2D eigenvalue weighted by Crippen LogP contribution is 2.52. The number of nitrogens with zero attached hydrogens (tertiary/aromatic N) is 3. The fraction of sp³-hybridized carbons (Fsp3) is 0.613. The molecule has 4 rings (SSSR count). The smallest absolute Gasteiger partial charge is 0.248 e. The number of aromatic nitrogens is 1. The summed E-state index contributed by atoms with van der Waals surface area (Å²) in [5.74, 6) is -3.36. The number of halogens is 2. The summed E-state index contributed by atoms with van der Waals surface area (Å²) in [5, 5.41) is 3.69. The van der Waals surface area contributed by atoms with Crippen LogP contribution in [-0.2, 0) is 11.3 Å². The number of nitrogens with two attached hydrogens (primary N) is 2. The van der Waals surface area contributed by atoms with E-state index in [1.54, 1.807) is 0 Å². The van der Waals surface area contributed by atoms with Crippen molar-refractivity contribution in [3.63, 3.8) is 0 Å². The van der Waals surface area contributed by atoms with Gasteiger partial charge in [0.1, 0.15) is 0 Å². The zero-order valence-corrected chi connectivity index (χ0v) is 23.6. The number of carbonyl (C=O) groups excluding carboxylic acids is 1. The molecule has 9 heteroatoms. The van der Waals surface area contributed by atoms with E-state index in [1.165, 1.54) is 0 Å². The average Bonchev–Trinajstić information content (AvgIpc) is 2.95. The molecule has 5 N–H and O–H groups in total. The van der Waals surface area contributed by atoms with Gasteiger partial charge in [0.05, 0.1) is 11.1 Å². The van der Waals surface area contributed by atoms with Gasteiger partial charge in [-0.25, -0.2) is 8.78 Å². The van der Waals surface area contributed by atoms with Gasteiger partial charge in [0, 0.05) is 57.8 Å². The molecule has 1 aromatic carbocycles. The minimum absolute atomic E-state index is 0.129. The van der Waals surface area contributed by atoms with Gasteiger partial charge in [-0.05, 0) is 75.4 Å². The van der Waals surface area contributed by atoms with E-state index in [1.807, 2.05) is 48.7 Å². The number of primary amides is 1. The summed E-state index contributed by atoms with van der Waals surface area (Å²) in [7, 11) is 0. The monoisotopic (exact) mass is 556 g/mol. The van der Waals surface area contributed by atoms with Crippen LogP contribution in [0, 0.1) is 5.41 Å². The van der Waals surface area contributed by atoms with Crippen molar-refractivity contribution in [2.45, 2.75) is 69.4 Å². The van der Waals surface area contributed by atoms with Crippen molar-refractivity contribution >= 4 is 5.91 Å². The van der Waals surface area contributed by atoms with Crippen LogP contribution in [0.4, 0.5) is 8.78 Å². The molecule has 0 bridgehead atoms. The first-order valence-electron chi connectivity index (χ1n) is 14.8. The summed E-state index contributed by atoms with van der Waals surface area (Å²) in [6, 6.07) is 16.2. The summed E-state index contributed by atoms with van der Waals surface area (Å²) in [4.78, 5) is 22.3. The first kappa shape index (κ1) is 30.5. The van der Waals surface area contributed by atoms with E-state index < -0.39 is 17.2 Å². The van der Waals surface area contributed by atoms with Gasteiger partial charge < -0.3 is 21.7 Å². The molecule has 2 heterocycles. The molecule has 7 nitrogen and oxygen atoms in total. The van der Waals surface area contributed by atoms with Gasteiger partial charge in [0.2, 0.25) is 11.8 Å². The second-order valence-corrected chi connectivity index (χ2v) is 11.6. The normalized spacial score (nSPS) is 21.8. The third kappa shape index (κ3) is 8.28. The Balaban J connectivity index is 1.42. The molecule has 2 atom stereocenters. The Kier molecular flexibility index (Phi) is 11.0. The minimum atomic E-state index is -2.72. The van der Waals surface area contributed by atoms with E-state index in [-0.39, 0.29) is 31.6 Å². The maximum Gasteiger partial charge on any atom is 0.248 e. The molecule has 0 spiro atoms. The van der Waals surface area contributed by atoms with Crippen molar-refractivity contribution in [3.8, 4) is 0 Å². The van der Waals surface area contributed by atoms with Crippen LogP contribution in [0.1, 0.15) is 62.1 Å². The van der Waals surface area contributed by atoms with Crippen LogP contribution in [0.5, 0.6) is 0 Å². The molecule has 0 unspecified atom stereocenters. The maximum atomic E-state index is 14.2. The lowest BCUT2D eigenvalue weighted by Crippen LogP contribution is -2.55. The van der Waals surface area contributed by atoms with Crippen LogP contribution in [0.3, 0.4) is 0 Å². The SMILES string of the molecule is NCCCCN(Cc1ccccn1)C[C@H]1CN(CC[C@@H](c2ccccc2)C2(C(N)=O)CCC(F)(F)CC2)CCN1. The average molecular weight is 557 g/mol. The molecule has 1 aromatic heterocycles. The van der Waals surface area contributed by atoms with E-state index in [0.29, 0.717) is 19.0 Å². The van der Waals surface area contributed by atoms with Gasteiger partial charge in [-0.1, -0.05) is 36.4 Å². The second kappa shape index (κ2) is 14.4. The molecule has 40 heavy (non-hydrogen) atoms. The van der Waals surface area contributed by atoms with Crippen LogP contribution in [0.2, 0.25) is 0 Å². The van der Waals surface area contributed by atoms with Crippen molar-refractivity contribution in [3.05, 3.63) is 66.0 Å². The lowest BCUT2D eigenvalue weighted by Gasteiger charge is -2.44. The van der Waals surface area contributed by atoms with Gasteiger partial charge >= 0.3 is 0 Å². The molecule has 2 aliphatic rings. The summed E-state index contributed by atoms with van der Waals surface area (Å²) in [5.41, 5.74) is 12.9. The van der Waals surface area contributed by atoms with E-state index in [9.17, 15) is 13.6 Å². The summed E-state index contributed by atoms with van der Waals surface area (Å²) in [6.45, 7) is 6.83. The Morgan fingerprint density at radius 2 is 1.85 bits per heavy atom. The third-order valence-electron chi connectivity index (χ3n) is 8.83. The van der Waals surface area contributed by atoms with E-state index in [0.717, 1.165) is 69.9 Å². The Morgan fingerprint density at radius 1 is 1.10 bits per heavy atom. The number of amides is 1. The van der Waals surface area contributed by atoms with Crippen molar-refractivity contribution in [1.29, 1.82) is 0 Å². The largest absolute Gasteiger partial charge is 0.369 e. The number of nitrogens with one attached hydrogen (secondary N) is 1. The lowest BCUT2D eigenvalue weighted by atomic mass is 9.61. The minimum Gasteiger partial charge on any atom is -0.369 e. The molecular formula is C31H46F2N6O. The van der Waals surface area contributed by atoms with Crippen molar-refractivity contribution < 1.29 is 13.6 Å². The number of hydrogen-bond acceptors (Lipinski definition) is 6. The van der Waals surface area contributed by atoms with Crippen LogP contribution >= 0.6 is 0 Å². The lowest BCUT2D eigenvalue weighted by molar-refractivity contribution is -0.138. The van der Waals surface area contributed by atoms with Gasteiger partial charge in [-0.15, -0.1) is 0 Å². The summed E-state index contributed by atoms with van der Waals surface area (Å²) < 4.78 is 28.3. The number of hydrogen-bond donors (Lipinski definition) is 3. The van der Waals surface area contributed by atoms with Gasteiger partial charge in [0.25, 0.3) is 0 Å². The van der Waals surface area contributed by atoms with Crippen LogP contribution in [0.15, 0.2) is 54.7 Å². The molecule has 1 amide bonds. The van der Waals surface area contributed by atoms with E-state index in [2.05, 4.69) is 26.2 Å². The van der Waals surface area contributed by atoms with Crippen molar-refractivity contribution in [1.82, 2.24) is 20.1 Å². The molecule has 220 valence electrons. The highest BCUT2D eigenvalue weighted by Gasteiger charge is 2.51. The standard InChI is InChI=1S/C31H46F2N6O/c32-31(33)14-12-30(13-15-31,29(35)40)28(25-8-2-1-3-9-25)11-20-38-21-18-37-27(23-38)24-39(19-7-5-16-34)22-26-10-4-6-17-36-26/h1-4,6,8-10,17,27-28,37H,5,7,11-16,18-24,34H2,(H2,35,40)/t27-,28+/m1/s1. The fourth-order valence-electron chi connectivity index (χ4n) is 6.55. The molecule has 1 saturated heterocycles. The Labute approximate surface area is 237 Å². The molecular weight excluding hydrogens is 510 g/mol. The third-order valence-corrected chi connectivity index (χ3v) is 8.83. The number of benzene rings is 1. The predicted octanol–water partition coefficient (Wildman–Crippen LogP) is 3.75. The van der Waals surface area contributed by atoms with E-state index in [4.69, 9.17) is 11.5 Å². The Bertz CT molecular complexity index is 1030. The quantitative estimate of drug-likeness (QED) is 0.307. The van der Waals surface area contributed by atoms with Gasteiger partial charge in [-0.2, -0.15) is 0 Å². The van der Waals surface area contributed by atoms with Crippen LogP contribution in [0.25, 0.3) is 0 Å². The van der Waals surface area contributed by atoms with Crippen molar-refractivity contribution in [2.75, 3.05) is 45.8 Å². The number of alkyl halides is 2. The Hall–Kier alpha value is -2.46. The predicted molar refractivity (Wildman–Crippen MR) is 155 cm³/mol. The molecule has 2 aromatic rings. The molecule has 1 aliphatic heterocycles. The number of carbonyl (C=O) groups is 1. The number of piperazine rings is 1. The van der Waals surface area contributed by atoms with Crippen LogP contribution < -0.4 is 16.8 Å². The highest BCUT2D eigenvalue weighted by atomic mass is 19.3. The fourth-order valence-corrected chi connectivity index (χ4v) is 6.55. The zero-order chi connectivity index (χ0) is 28.4. The number of rotatable bonds is 14. The number of unbranched alkanes of at least 4 members (excludes halogenated alkanes) is 1. The second-order valence-electron chi connectivity index (χ2n) is 11.6. The van der Waals surface area contributed by atoms with Gasteiger partial charge in [0.15, 0.2) is 0 Å². The maximum absolute atomic E-state index is 14.2. The molecule has 1 aliphatic carbocycles. The summed E-state index contributed by atoms with van der Waals surface area (Å²) in [6.07, 6.45) is 4.28.